The lowest BCUT2D eigenvalue weighted by molar-refractivity contribution is -0.124. The van der Waals surface area contributed by atoms with Gasteiger partial charge in [-0.05, 0) is 56.4 Å². The summed E-state index contributed by atoms with van der Waals surface area (Å²) in [6, 6.07) is 5.62. The number of nitrogens with zero attached hydrogens (tertiary/aromatic N) is 2. The van der Waals surface area contributed by atoms with Crippen LogP contribution in [0.15, 0.2) is 22.7 Å². The van der Waals surface area contributed by atoms with Gasteiger partial charge in [-0.15, -0.1) is 0 Å². The van der Waals surface area contributed by atoms with Crippen molar-refractivity contribution >= 4 is 17.5 Å². The van der Waals surface area contributed by atoms with Crippen LogP contribution >= 0.6 is 11.6 Å². The van der Waals surface area contributed by atoms with E-state index in [4.69, 9.17) is 20.9 Å². The summed E-state index contributed by atoms with van der Waals surface area (Å²) in [5.41, 5.74) is 0.354. The zero-order chi connectivity index (χ0) is 19.4. The van der Waals surface area contributed by atoms with Crippen molar-refractivity contribution in [2.24, 2.45) is 0 Å². The Labute approximate surface area is 164 Å². The zero-order valence-corrected chi connectivity index (χ0v) is 16.8. The highest BCUT2D eigenvalue weighted by molar-refractivity contribution is 6.30. The summed E-state index contributed by atoms with van der Waals surface area (Å²) in [6.07, 6.45) is 5.98. The van der Waals surface area contributed by atoms with Gasteiger partial charge in [0.1, 0.15) is 5.75 Å². The molecule has 0 bridgehead atoms. The van der Waals surface area contributed by atoms with E-state index in [2.05, 4.69) is 15.5 Å². The van der Waals surface area contributed by atoms with E-state index < -0.39 is 5.54 Å². The summed E-state index contributed by atoms with van der Waals surface area (Å²) in [5, 5.41) is 7.47. The molecule has 1 saturated carbocycles. The number of halogens is 1. The second-order valence-corrected chi connectivity index (χ2v) is 8.05. The van der Waals surface area contributed by atoms with Gasteiger partial charge >= 0.3 is 0 Å². The average molecular weight is 392 g/mol. The fourth-order valence-electron chi connectivity index (χ4n) is 3.52. The number of nitrogens with one attached hydrogen (secondary N) is 1. The molecule has 0 aliphatic heterocycles. The first-order valence-corrected chi connectivity index (χ1v) is 9.77. The largest absolute Gasteiger partial charge is 0.483 e. The van der Waals surface area contributed by atoms with Gasteiger partial charge in [-0.1, -0.05) is 36.0 Å². The minimum absolute atomic E-state index is 0.0817. The molecule has 1 aromatic carbocycles. The van der Waals surface area contributed by atoms with E-state index in [9.17, 15) is 4.79 Å². The van der Waals surface area contributed by atoms with Crippen molar-refractivity contribution in [3.8, 4) is 5.75 Å². The van der Waals surface area contributed by atoms with E-state index in [0.717, 1.165) is 24.2 Å². The first-order chi connectivity index (χ1) is 12.8. The maximum absolute atomic E-state index is 12.4. The third-order valence-corrected chi connectivity index (χ3v) is 5.15. The molecule has 0 spiro atoms. The molecule has 1 aliphatic carbocycles. The molecule has 1 fully saturated rings. The normalized spacial score (nSPS) is 15.6. The van der Waals surface area contributed by atoms with Crippen molar-refractivity contribution < 1.29 is 14.1 Å². The third-order valence-electron chi connectivity index (χ3n) is 4.91. The molecule has 1 amide bonds. The average Bonchev–Trinajstić information content (AvgIpc) is 3.08. The van der Waals surface area contributed by atoms with Gasteiger partial charge in [0.15, 0.2) is 12.4 Å². The van der Waals surface area contributed by atoms with Crippen LogP contribution in [0, 0.1) is 6.92 Å². The molecular weight excluding hydrogens is 366 g/mol. The number of hydrogen-bond donors (Lipinski definition) is 1. The second-order valence-electron chi connectivity index (χ2n) is 7.62. The lowest BCUT2D eigenvalue weighted by atomic mass is 9.84. The fourth-order valence-corrected chi connectivity index (χ4v) is 3.70. The highest BCUT2D eigenvalue weighted by atomic mass is 35.5. The summed E-state index contributed by atoms with van der Waals surface area (Å²) in [7, 11) is 0. The van der Waals surface area contributed by atoms with Gasteiger partial charge in [-0.3, -0.25) is 4.79 Å². The molecule has 146 valence electrons. The van der Waals surface area contributed by atoms with E-state index in [0.29, 0.717) is 22.7 Å². The molecule has 0 atom stereocenters. The van der Waals surface area contributed by atoms with Gasteiger partial charge in [-0.2, -0.15) is 4.98 Å². The molecule has 0 unspecified atom stereocenters. The maximum atomic E-state index is 12.4. The molecule has 3 rings (SSSR count). The van der Waals surface area contributed by atoms with Crippen molar-refractivity contribution in [3.05, 3.63) is 40.5 Å². The molecule has 2 aromatic rings. The van der Waals surface area contributed by atoms with Crippen LogP contribution in [-0.4, -0.2) is 22.7 Å². The SMILES string of the molecule is Cc1nc(C(C)(C)NC(=O)COc2ccc(Cl)cc2C2CCCCC2)no1. The van der Waals surface area contributed by atoms with E-state index in [-0.39, 0.29) is 12.5 Å². The maximum Gasteiger partial charge on any atom is 0.258 e. The molecular formula is C20H26ClN3O3. The number of aryl methyl sites for hydroxylation is 1. The van der Waals surface area contributed by atoms with Crippen LogP contribution in [0.3, 0.4) is 0 Å². The summed E-state index contributed by atoms with van der Waals surface area (Å²) in [5.74, 6) is 1.82. The predicted octanol–water partition coefficient (Wildman–Crippen LogP) is 4.51. The highest BCUT2D eigenvalue weighted by Gasteiger charge is 2.28. The summed E-state index contributed by atoms with van der Waals surface area (Å²) in [6.45, 7) is 5.28. The smallest absolute Gasteiger partial charge is 0.258 e. The van der Waals surface area contributed by atoms with Crippen LogP contribution in [0.2, 0.25) is 5.02 Å². The molecule has 1 N–H and O–H groups in total. The molecule has 6 nitrogen and oxygen atoms in total. The minimum Gasteiger partial charge on any atom is -0.483 e. The standard InChI is InChI=1S/C20H26ClN3O3/c1-13-22-19(24-27-13)20(2,3)23-18(25)12-26-17-10-9-15(21)11-16(17)14-7-5-4-6-8-14/h9-11,14H,4-8,12H2,1-3H3,(H,23,25). The molecule has 1 heterocycles. The van der Waals surface area contributed by atoms with E-state index in [1.54, 1.807) is 13.0 Å². The quantitative estimate of drug-likeness (QED) is 0.783. The van der Waals surface area contributed by atoms with Crippen molar-refractivity contribution in [1.82, 2.24) is 15.5 Å². The van der Waals surface area contributed by atoms with Crippen LogP contribution in [-0.2, 0) is 10.3 Å². The lowest BCUT2D eigenvalue weighted by Gasteiger charge is -2.25. The molecule has 1 aliphatic rings. The number of carbonyl (C=O) groups excluding carboxylic acids is 1. The van der Waals surface area contributed by atoms with E-state index in [1.807, 2.05) is 26.0 Å². The Kier molecular flexibility index (Phi) is 6.05. The van der Waals surface area contributed by atoms with E-state index >= 15 is 0 Å². The first-order valence-electron chi connectivity index (χ1n) is 9.39. The molecule has 27 heavy (non-hydrogen) atoms. The molecule has 7 heteroatoms. The zero-order valence-electron chi connectivity index (χ0n) is 16.0. The molecule has 0 radical (unpaired) electrons. The summed E-state index contributed by atoms with van der Waals surface area (Å²) >= 11 is 6.20. The van der Waals surface area contributed by atoms with Crippen LogP contribution in [0.5, 0.6) is 5.75 Å². The Hall–Kier alpha value is -2.08. The number of ether oxygens (including phenoxy) is 1. The van der Waals surface area contributed by atoms with Crippen LogP contribution < -0.4 is 10.1 Å². The Morgan fingerprint density at radius 2 is 2.07 bits per heavy atom. The Morgan fingerprint density at radius 3 is 2.74 bits per heavy atom. The summed E-state index contributed by atoms with van der Waals surface area (Å²) < 4.78 is 10.9. The monoisotopic (exact) mass is 391 g/mol. The van der Waals surface area contributed by atoms with Crippen LogP contribution in [0.4, 0.5) is 0 Å². The van der Waals surface area contributed by atoms with Crippen molar-refractivity contribution in [3.63, 3.8) is 0 Å². The van der Waals surface area contributed by atoms with E-state index in [1.165, 1.54) is 19.3 Å². The molecule has 1 aromatic heterocycles. The first kappa shape index (κ1) is 19.7. The number of rotatable bonds is 6. The number of benzene rings is 1. The van der Waals surface area contributed by atoms with Gasteiger partial charge in [0.2, 0.25) is 5.89 Å². The number of aromatic nitrogens is 2. The second kappa shape index (κ2) is 8.30. The van der Waals surface area contributed by atoms with Gasteiger partial charge in [-0.25, -0.2) is 0 Å². The number of hydrogen-bond acceptors (Lipinski definition) is 5. The Morgan fingerprint density at radius 1 is 1.33 bits per heavy atom. The van der Waals surface area contributed by atoms with Crippen LogP contribution in [0.1, 0.15) is 69.1 Å². The highest BCUT2D eigenvalue weighted by Crippen LogP contribution is 2.38. The molecule has 0 saturated heterocycles. The Balaban J connectivity index is 1.65. The third kappa shape index (κ3) is 5.01. The number of amides is 1. The topological polar surface area (TPSA) is 77.2 Å². The predicted molar refractivity (Wildman–Crippen MR) is 103 cm³/mol. The van der Waals surface area contributed by atoms with Gasteiger partial charge in [0, 0.05) is 11.9 Å². The summed E-state index contributed by atoms with van der Waals surface area (Å²) in [4.78, 5) is 16.6. The lowest BCUT2D eigenvalue weighted by Crippen LogP contribution is -2.44. The van der Waals surface area contributed by atoms with Crippen molar-refractivity contribution in [1.29, 1.82) is 0 Å². The number of carbonyl (C=O) groups is 1. The van der Waals surface area contributed by atoms with Gasteiger partial charge < -0.3 is 14.6 Å². The van der Waals surface area contributed by atoms with Gasteiger partial charge in [0.05, 0.1) is 5.54 Å². The Bertz CT molecular complexity index is 798. The van der Waals surface area contributed by atoms with Crippen molar-refractivity contribution in [2.45, 2.75) is 64.3 Å². The fraction of sp³-hybridized carbons (Fsp3) is 0.550. The van der Waals surface area contributed by atoms with Crippen LogP contribution in [0.25, 0.3) is 0 Å². The minimum atomic E-state index is -0.746. The van der Waals surface area contributed by atoms with Gasteiger partial charge in [0.25, 0.3) is 5.91 Å². The van der Waals surface area contributed by atoms with Crippen molar-refractivity contribution in [2.75, 3.05) is 6.61 Å².